The van der Waals surface area contributed by atoms with E-state index in [0.717, 1.165) is 6.07 Å². The lowest BCUT2D eigenvalue weighted by atomic mass is 10.2. The molecule has 0 unspecified atom stereocenters. The molecule has 0 bridgehead atoms. The summed E-state index contributed by atoms with van der Waals surface area (Å²) in [7, 11) is 0. The molecule has 0 amide bonds. The second kappa shape index (κ2) is 4.87. The number of aryl methyl sites for hydroxylation is 1. The molecule has 0 aliphatic rings. The highest BCUT2D eigenvalue weighted by atomic mass is 19.1. The number of ether oxygens (including phenoxy) is 1. The number of aromatic nitrogens is 1. The molecule has 0 radical (unpaired) electrons. The largest absolute Gasteiger partial charge is 0.486 e. The van der Waals surface area contributed by atoms with Crippen molar-refractivity contribution >= 4 is 5.97 Å². The Bertz CT molecular complexity index is 579. The Hall–Kier alpha value is -2.37. The first-order valence-corrected chi connectivity index (χ1v) is 5.14. The number of rotatable bonds is 4. The second-order valence-electron chi connectivity index (χ2n) is 3.64. The van der Waals surface area contributed by atoms with Crippen LogP contribution in [-0.2, 0) is 6.61 Å². The van der Waals surface area contributed by atoms with E-state index in [-0.39, 0.29) is 12.4 Å². The van der Waals surface area contributed by atoms with Gasteiger partial charge in [-0.15, -0.1) is 0 Å². The van der Waals surface area contributed by atoms with Crippen LogP contribution in [0.2, 0.25) is 0 Å². The van der Waals surface area contributed by atoms with E-state index in [1.54, 1.807) is 13.0 Å². The van der Waals surface area contributed by atoms with Crippen LogP contribution in [0.5, 0.6) is 5.75 Å². The zero-order chi connectivity index (χ0) is 13.1. The highest BCUT2D eigenvalue weighted by molar-refractivity contribution is 5.91. The SMILES string of the molecule is Cc1cc(COc2cccc(F)c2C(=O)O)no1. The van der Waals surface area contributed by atoms with Crippen LogP contribution in [0.1, 0.15) is 21.8 Å². The topological polar surface area (TPSA) is 72.6 Å². The van der Waals surface area contributed by atoms with Gasteiger partial charge >= 0.3 is 5.97 Å². The van der Waals surface area contributed by atoms with Crippen LogP contribution in [0.4, 0.5) is 4.39 Å². The fourth-order valence-corrected chi connectivity index (χ4v) is 1.47. The first-order valence-electron chi connectivity index (χ1n) is 5.14. The predicted octanol–water partition coefficient (Wildman–Crippen LogP) is 2.40. The van der Waals surface area contributed by atoms with Crippen LogP contribution in [0.15, 0.2) is 28.8 Å². The summed E-state index contributed by atoms with van der Waals surface area (Å²) in [5.74, 6) is -1.63. The van der Waals surface area contributed by atoms with E-state index in [2.05, 4.69) is 5.16 Å². The third-order valence-corrected chi connectivity index (χ3v) is 2.24. The number of aromatic carboxylic acids is 1. The molecular formula is C12H10FNO4. The molecule has 1 N–H and O–H groups in total. The molecule has 1 aromatic heterocycles. The smallest absolute Gasteiger partial charge is 0.342 e. The van der Waals surface area contributed by atoms with Gasteiger partial charge in [-0.2, -0.15) is 0 Å². The average Bonchev–Trinajstić information content (AvgIpc) is 2.72. The van der Waals surface area contributed by atoms with Crippen LogP contribution in [-0.4, -0.2) is 16.2 Å². The number of benzene rings is 1. The zero-order valence-corrected chi connectivity index (χ0v) is 9.51. The molecule has 0 spiro atoms. The first kappa shape index (κ1) is 12.1. The van der Waals surface area contributed by atoms with Gasteiger partial charge in [0.15, 0.2) is 0 Å². The van der Waals surface area contributed by atoms with E-state index >= 15 is 0 Å². The monoisotopic (exact) mass is 251 g/mol. The number of hydrogen-bond donors (Lipinski definition) is 1. The van der Waals surface area contributed by atoms with Crippen LogP contribution >= 0.6 is 0 Å². The second-order valence-corrected chi connectivity index (χ2v) is 3.64. The van der Waals surface area contributed by atoms with Gasteiger partial charge in [0.2, 0.25) is 0 Å². The van der Waals surface area contributed by atoms with Crippen molar-refractivity contribution in [2.75, 3.05) is 0 Å². The van der Waals surface area contributed by atoms with Gasteiger partial charge in [0.1, 0.15) is 35.2 Å². The number of carbonyl (C=O) groups is 1. The normalized spacial score (nSPS) is 10.3. The summed E-state index contributed by atoms with van der Waals surface area (Å²) in [5.41, 5.74) is 0.0193. The third-order valence-electron chi connectivity index (χ3n) is 2.24. The summed E-state index contributed by atoms with van der Waals surface area (Å²) in [6.07, 6.45) is 0. The van der Waals surface area contributed by atoms with Gasteiger partial charge in [0.05, 0.1) is 0 Å². The van der Waals surface area contributed by atoms with Crippen molar-refractivity contribution in [3.05, 3.63) is 47.1 Å². The van der Waals surface area contributed by atoms with E-state index in [1.807, 2.05) is 0 Å². The van der Waals surface area contributed by atoms with Gasteiger partial charge in [0, 0.05) is 6.07 Å². The molecule has 0 fully saturated rings. The molecule has 6 heteroatoms. The molecule has 1 heterocycles. The number of carboxylic acids is 1. The molecule has 2 aromatic rings. The maximum atomic E-state index is 13.3. The number of halogens is 1. The van der Waals surface area contributed by atoms with Gasteiger partial charge in [-0.05, 0) is 19.1 Å². The Kier molecular flexibility index (Phi) is 3.27. The lowest BCUT2D eigenvalue weighted by Gasteiger charge is -2.07. The molecule has 0 aliphatic heterocycles. The van der Waals surface area contributed by atoms with E-state index in [0.29, 0.717) is 11.5 Å². The van der Waals surface area contributed by atoms with Gasteiger partial charge in [-0.25, -0.2) is 9.18 Å². The van der Waals surface area contributed by atoms with Gasteiger partial charge < -0.3 is 14.4 Å². The summed E-state index contributed by atoms with van der Waals surface area (Å²) < 4.78 is 23.4. The molecule has 0 atom stereocenters. The fourth-order valence-electron chi connectivity index (χ4n) is 1.47. The van der Waals surface area contributed by atoms with E-state index < -0.39 is 17.3 Å². The minimum absolute atomic E-state index is 0.0150. The number of carboxylic acid groups (broad SMARTS) is 1. The van der Waals surface area contributed by atoms with Crippen molar-refractivity contribution in [2.45, 2.75) is 13.5 Å². The predicted molar refractivity (Wildman–Crippen MR) is 58.9 cm³/mol. The van der Waals surface area contributed by atoms with Crippen LogP contribution < -0.4 is 4.74 Å². The summed E-state index contributed by atoms with van der Waals surface area (Å²) in [4.78, 5) is 10.9. The van der Waals surface area contributed by atoms with Gasteiger partial charge in [-0.1, -0.05) is 11.2 Å². The Morgan fingerprint density at radius 3 is 2.94 bits per heavy atom. The van der Waals surface area contributed by atoms with Crippen LogP contribution in [0.25, 0.3) is 0 Å². The summed E-state index contributed by atoms with van der Waals surface area (Å²) >= 11 is 0. The van der Waals surface area contributed by atoms with Crippen molar-refractivity contribution < 1.29 is 23.6 Å². The molecule has 2 rings (SSSR count). The van der Waals surface area contributed by atoms with E-state index in [1.165, 1.54) is 12.1 Å². The fraction of sp³-hybridized carbons (Fsp3) is 0.167. The first-order chi connectivity index (χ1) is 8.58. The molecule has 1 aromatic carbocycles. The Morgan fingerprint density at radius 1 is 1.56 bits per heavy atom. The number of hydrogen-bond acceptors (Lipinski definition) is 4. The highest BCUT2D eigenvalue weighted by Crippen LogP contribution is 2.22. The lowest BCUT2D eigenvalue weighted by molar-refractivity contribution is 0.0686. The standard InChI is InChI=1S/C12H10FNO4/c1-7-5-8(14-18-7)6-17-10-4-2-3-9(13)11(10)12(15)16/h2-5H,6H2,1H3,(H,15,16). The Morgan fingerprint density at radius 2 is 2.33 bits per heavy atom. The molecule has 18 heavy (non-hydrogen) atoms. The molecule has 94 valence electrons. The van der Waals surface area contributed by atoms with Gasteiger partial charge in [0.25, 0.3) is 0 Å². The molecule has 0 saturated heterocycles. The minimum atomic E-state index is -1.38. The number of nitrogens with zero attached hydrogens (tertiary/aromatic N) is 1. The van der Waals surface area contributed by atoms with Crippen molar-refractivity contribution in [1.82, 2.24) is 5.16 Å². The third kappa shape index (κ3) is 2.48. The highest BCUT2D eigenvalue weighted by Gasteiger charge is 2.17. The molecule has 0 saturated carbocycles. The van der Waals surface area contributed by atoms with Crippen molar-refractivity contribution in [3.63, 3.8) is 0 Å². The maximum absolute atomic E-state index is 13.3. The van der Waals surface area contributed by atoms with E-state index in [9.17, 15) is 9.18 Å². The van der Waals surface area contributed by atoms with Crippen LogP contribution in [0.3, 0.4) is 0 Å². The quantitative estimate of drug-likeness (QED) is 0.903. The van der Waals surface area contributed by atoms with Crippen molar-refractivity contribution in [2.24, 2.45) is 0 Å². The van der Waals surface area contributed by atoms with Crippen LogP contribution in [0, 0.1) is 12.7 Å². The zero-order valence-electron chi connectivity index (χ0n) is 9.51. The van der Waals surface area contributed by atoms with Crippen molar-refractivity contribution in [1.29, 1.82) is 0 Å². The summed E-state index contributed by atoms with van der Waals surface area (Å²) in [5, 5.41) is 12.6. The Balaban J connectivity index is 2.19. The lowest BCUT2D eigenvalue weighted by Crippen LogP contribution is -2.06. The molecular weight excluding hydrogens is 241 g/mol. The summed E-state index contributed by atoms with van der Waals surface area (Å²) in [6, 6.07) is 5.49. The van der Waals surface area contributed by atoms with E-state index in [4.69, 9.17) is 14.4 Å². The van der Waals surface area contributed by atoms with Gasteiger partial charge in [-0.3, -0.25) is 0 Å². The minimum Gasteiger partial charge on any atom is -0.486 e. The maximum Gasteiger partial charge on any atom is 0.342 e. The molecule has 0 aliphatic carbocycles. The molecule has 5 nitrogen and oxygen atoms in total. The van der Waals surface area contributed by atoms with Crippen molar-refractivity contribution in [3.8, 4) is 5.75 Å². The average molecular weight is 251 g/mol. The summed E-state index contributed by atoms with van der Waals surface area (Å²) in [6.45, 7) is 1.74. The Labute approximate surface area is 102 Å².